The summed E-state index contributed by atoms with van der Waals surface area (Å²) in [5, 5.41) is 0.892. The fourth-order valence-corrected chi connectivity index (χ4v) is 2.96. The van der Waals surface area contributed by atoms with Gasteiger partial charge >= 0.3 is 5.97 Å². The highest BCUT2D eigenvalue weighted by molar-refractivity contribution is 14.1. The minimum atomic E-state index is -0.499. The van der Waals surface area contributed by atoms with Crippen LogP contribution in [0, 0.1) is 3.57 Å². The first-order chi connectivity index (χ1) is 10.5. The fourth-order valence-electron chi connectivity index (χ4n) is 1.93. The van der Waals surface area contributed by atoms with Crippen LogP contribution in [0.4, 0.5) is 0 Å². The van der Waals surface area contributed by atoms with Gasteiger partial charge in [-0.1, -0.05) is 41.4 Å². The van der Waals surface area contributed by atoms with Crippen LogP contribution in [-0.4, -0.2) is 11.9 Å². The zero-order valence-electron chi connectivity index (χ0n) is 11.0. The summed E-state index contributed by atoms with van der Waals surface area (Å²) >= 11 is 14.2. The van der Waals surface area contributed by atoms with Gasteiger partial charge in [-0.15, -0.1) is 0 Å². The monoisotopic (exact) mass is 443 g/mol. The number of halogens is 3. The molecule has 6 heteroatoms. The highest BCUT2D eigenvalue weighted by atomic mass is 127. The van der Waals surface area contributed by atoms with Crippen LogP contribution in [0.3, 0.4) is 0 Å². The third kappa shape index (κ3) is 3.19. The molecule has 0 fully saturated rings. The lowest BCUT2D eigenvalue weighted by Crippen LogP contribution is -2.05. The van der Waals surface area contributed by atoms with Crippen molar-refractivity contribution >= 4 is 63.7 Å². The number of carbonyl (C=O) groups excluding carboxylic acids is 1. The standard InChI is InChI=1S/C16H8Cl2INO2/c17-10-5-6-11(12(18)8-10)15-20-14(16(21)22-15)7-9-3-1-2-4-13(9)19/h1-8H/b14-7-. The number of esters is 1. The molecule has 0 atom stereocenters. The maximum absolute atomic E-state index is 12.0. The fraction of sp³-hybridized carbons (Fsp3) is 0. The number of cyclic esters (lactones) is 1. The lowest BCUT2D eigenvalue weighted by Gasteiger charge is -2.02. The molecule has 0 unspecified atom stereocenters. The lowest BCUT2D eigenvalue weighted by molar-refractivity contribution is -0.129. The number of rotatable bonds is 2. The molecule has 3 nitrogen and oxygen atoms in total. The molecule has 2 aromatic rings. The number of benzene rings is 2. The molecule has 0 aromatic heterocycles. The maximum Gasteiger partial charge on any atom is 0.363 e. The predicted molar refractivity (Wildman–Crippen MR) is 96.2 cm³/mol. The van der Waals surface area contributed by atoms with Crippen molar-refractivity contribution in [1.82, 2.24) is 0 Å². The molecule has 0 saturated heterocycles. The number of ether oxygens (including phenoxy) is 1. The Labute approximate surface area is 150 Å². The number of nitrogens with zero attached hydrogens (tertiary/aromatic N) is 1. The first kappa shape index (κ1) is 15.5. The maximum atomic E-state index is 12.0. The third-order valence-electron chi connectivity index (χ3n) is 2.98. The molecule has 0 amide bonds. The van der Waals surface area contributed by atoms with E-state index in [-0.39, 0.29) is 11.6 Å². The van der Waals surface area contributed by atoms with Crippen LogP contribution < -0.4 is 0 Å². The van der Waals surface area contributed by atoms with E-state index in [4.69, 9.17) is 27.9 Å². The minimum Gasteiger partial charge on any atom is -0.402 e. The highest BCUT2D eigenvalue weighted by Crippen LogP contribution is 2.26. The Morgan fingerprint density at radius 3 is 2.64 bits per heavy atom. The van der Waals surface area contributed by atoms with Crippen molar-refractivity contribution < 1.29 is 9.53 Å². The van der Waals surface area contributed by atoms with Crippen LogP contribution >= 0.6 is 45.8 Å². The summed E-state index contributed by atoms with van der Waals surface area (Å²) in [5.74, 6) is -0.315. The molecule has 0 N–H and O–H groups in total. The van der Waals surface area contributed by atoms with Gasteiger partial charge in [0.1, 0.15) is 0 Å². The molecule has 0 spiro atoms. The molecule has 0 aliphatic carbocycles. The molecule has 2 aromatic carbocycles. The summed E-state index contributed by atoms with van der Waals surface area (Å²) in [6.45, 7) is 0. The van der Waals surface area contributed by atoms with Gasteiger partial charge in [-0.3, -0.25) is 0 Å². The summed E-state index contributed by atoms with van der Waals surface area (Å²) in [4.78, 5) is 16.2. The summed E-state index contributed by atoms with van der Waals surface area (Å²) in [6, 6.07) is 12.6. The Kier molecular flexibility index (Phi) is 4.52. The van der Waals surface area contributed by atoms with E-state index in [0.29, 0.717) is 15.6 Å². The summed E-state index contributed by atoms with van der Waals surface area (Å²) in [6.07, 6.45) is 1.70. The van der Waals surface area contributed by atoms with Crippen molar-refractivity contribution in [2.75, 3.05) is 0 Å². The number of carbonyl (C=O) groups is 1. The molecule has 0 bridgehead atoms. The van der Waals surface area contributed by atoms with E-state index in [1.807, 2.05) is 24.3 Å². The van der Waals surface area contributed by atoms with Crippen molar-refractivity contribution in [3.05, 3.63) is 72.9 Å². The SMILES string of the molecule is O=C1OC(c2ccc(Cl)cc2Cl)=N/C1=C\c1ccccc1I. The molecule has 0 saturated carbocycles. The van der Waals surface area contributed by atoms with Gasteiger partial charge in [-0.2, -0.15) is 0 Å². The van der Waals surface area contributed by atoms with Crippen LogP contribution in [0.25, 0.3) is 6.08 Å². The molecule has 1 aliphatic heterocycles. The van der Waals surface area contributed by atoms with E-state index in [2.05, 4.69) is 27.6 Å². The van der Waals surface area contributed by atoms with Gasteiger partial charge in [0.2, 0.25) is 5.90 Å². The Hall–Kier alpha value is -1.37. The minimum absolute atomic E-state index is 0.184. The van der Waals surface area contributed by atoms with Gasteiger partial charge in [0.15, 0.2) is 5.70 Å². The summed E-state index contributed by atoms with van der Waals surface area (Å²) < 4.78 is 6.23. The third-order valence-corrected chi connectivity index (χ3v) is 4.51. The second-order valence-electron chi connectivity index (χ2n) is 4.48. The average molecular weight is 444 g/mol. The molecule has 3 rings (SSSR count). The number of hydrogen-bond donors (Lipinski definition) is 0. The van der Waals surface area contributed by atoms with Crippen molar-refractivity contribution in [2.45, 2.75) is 0 Å². The first-order valence-corrected chi connectivity index (χ1v) is 8.10. The van der Waals surface area contributed by atoms with Crippen LogP contribution in [0.2, 0.25) is 10.0 Å². The predicted octanol–water partition coefficient (Wildman–Crippen LogP) is 4.94. The van der Waals surface area contributed by atoms with E-state index in [9.17, 15) is 4.79 Å². The second-order valence-corrected chi connectivity index (χ2v) is 6.49. The van der Waals surface area contributed by atoms with Gasteiger partial charge in [-0.25, -0.2) is 9.79 Å². The molecular weight excluding hydrogens is 436 g/mol. The zero-order valence-corrected chi connectivity index (χ0v) is 14.7. The Bertz CT molecular complexity index is 831. The van der Waals surface area contributed by atoms with E-state index in [0.717, 1.165) is 9.13 Å². The smallest absolute Gasteiger partial charge is 0.363 e. The van der Waals surface area contributed by atoms with Crippen molar-refractivity contribution in [3.8, 4) is 0 Å². The van der Waals surface area contributed by atoms with Gasteiger partial charge < -0.3 is 4.74 Å². The normalized spacial score (nSPS) is 15.9. The Morgan fingerprint density at radius 2 is 1.91 bits per heavy atom. The molecule has 22 heavy (non-hydrogen) atoms. The second kappa shape index (κ2) is 6.40. The van der Waals surface area contributed by atoms with Gasteiger partial charge in [0, 0.05) is 8.59 Å². The van der Waals surface area contributed by atoms with Gasteiger partial charge in [0.05, 0.1) is 10.6 Å². The summed E-state index contributed by atoms with van der Waals surface area (Å²) in [5.41, 5.74) is 1.68. The van der Waals surface area contributed by atoms with E-state index < -0.39 is 5.97 Å². The van der Waals surface area contributed by atoms with Gasteiger partial charge in [0.25, 0.3) is 0 Å². The molecular formula is C16H8Cl2INO2. The first-order valence-electron chi connectivity index (χ1n) is 6.27. The number of hydrogen-bond acceptors (Lipinski definition) is 3. The topological polar surface area (TPSA) is 38.7 Å². The van der Waals surface area contributed by atoms with E-state index in [1.54, 1.807) is 24.3 Å². The Balaban J connectivity index is 2.00. The van der Waals surface area contributed by atoms with Crippen LogP contribution in [0.1, 0.15) is 11.1 Å². The molecule has 1 heterocycles. The number of aliphatic imine (C=N–C) groups is 1. The van der Waals surface area contributed by atoms with Crippen LogP contribution in [-0.2, 0) is 9.53 Å². The van der Waals surface area contributed by atoms with Crippen molar-refractivity contribution in [1.29, 1.82) is 0 Å². The van der Waals surface area contributed by atoms with Crippen LogP contribution in [0.5, 0.6) is 0 Å². The molecule has 1 aliphatic rings. The Morgan fingerprint density at radius 1 is 1.14 bits per heavy atom. The van der Waals surface area contributed by atoms with E-state index in [1.165, 1.54) is 0 Å². The highest BCUT2D eigenvalue weighted by Gasteiger charge is 2.25. The largest absolute Gasteiger partial charge is 0.402 e. The molecule has 0 radical (unpaired) electrons. The lowest BCUT2D eigenvalue weighted by atomic mass is 10.2. The summed E-state index contributed by atoms with van der Waals surface area (Å²) in [7, 11) is 0. The molecule has 110 valence electrons. The van der Waals surface area contributed by atoms with Crippen molar-refractivity contribution in [2.24, 2.45) is 4.99 Å². The van der Waals surface area contributed by atoms with Crippen molar-refractivity contribution in [3.63, 3.8) is 0 Å². The average Bonchev–Trinajstić information content (AvgIpc) is 2.82. The van der Waals surface area contributed by atoms with Gasteiger partial charge in [-0.05, 0) is 58.5 Å². The zero-order chi connectivity index (χ0) is 15.7. The quantitative estimate of drug-likeness (QED) is 0.374. The van der Waals surface area contributed by atoms with Crippen LogP contribution in [0.15, 0.2) is 53.2 Å². The van der Waals surface area contributed by atoms with E-state index >= 15 is 0 Å².